The highest BCUT2D eigenvalue weighted by Gasteiger charge is 2.04. The summed E-state index contributed by atoms with van der Waals surface area (Å²) in [7, 11) is 0. The van der Waals surface area contributed by atoms with E-state index in [1.807, 2.05) is 30.3 Å². The van der Waals surface area contributed by atoms with Crippen LogP contribution in [-0.4, -0.2) is 11.3 Å². The number of nitrogens with zero attached hydrogens (tertiary/aromatic N) is 1. The van der Waals surface area contributed by atoms with Crippen LogP contribution in [0.5, 0.6) is 0 Å². The molecule has 0 unspecified atom stereocenters. The summed E-state index contributed by atoms with van der Waals surface area (Å²) in [6.45, 7) is 0. The summed E-state index contributed by atoms with van der Waals surface area (Å²) >= 11 is 5.77. The van der Waals surface area contributed by atoms with E-state index in [2.05, 4.69) is 10.3 Å². The first-order valence-corrected chi connectivity index (χ1v) is 5.11. The smallest absolute Gasteiger partial charge is 0.153 e. The number of rotatable bonds is 3. The Kier molecular flexibility index (Phi) is 3.17. The van der Waals surface area contributed by atoms with Crippen molar-refractivity contribution in [1.29, 1.82) is 0 Å². The molecule has 2 rings (SSSR count). The molecule has 0 saturated heterocycles. The molecule has 0 spiro atoms. The summed E-state index contributed by atoms with van der Waals surface area (Å²) < 4.78 is 0. The number of carbonyl (C=O) groups excluding carboxylic acids is 1. The van der Waals surface area contributed by atoms with E-state index in [1.165, 1.54) is 0 Å². The van der Waals surface area contributed by atoms with Crippen molar-refractivity contribution < 1.29 is 4.79 Å². The number of aldehydes is 1. The van der Waals surface area contributed by atoms with Crippen LogP contribution < -0.4 is 5.32 Å². The van der Waals surface area contributed by atoms with Crippen molar-refractivity contribution in [2.75, 3.05) is 5.32 Å². The van der Waals surface area contributed by atoms with E-state index in [4.69, 9.17) is 11.6 Å². The maximum absolute atomic E-state index is 10.8. The summed E-state index contributed by atoms with van der Waals surface area (Å²) in [6, 6.07) is 12.7. The van der Waals surface area contributed by atoms with Crippen molar-refractivity contribution in [3.05, 3.63) is 53.2 Å². The van der Waals surface area contributed by atoms with Gasteiger partial charge in [0.25, 0.3) is 0 Å². The molecule has 0 aliphatic carbocycles. The first-order chi connectivity index (χ1) is 7.79. The largest absolute Gasteiger partial charge is 0.340 e. The van der Waals surface area contributed by atoms with Gasteiger partial charge in [0.2, 0.25) is 0 Å². The average molecular weight is 233 g/mol. The van der Waals surface area contributed by atoms with E-state index in [9.17, 15) is 4.79 Å². The number of nitrogens with one attached hydrogen (secondary N) is 1. The van der Waals surface area contributed by atoms with E-state index in [-0.39, 0.29) is 0 Å². The Morgan fingerprint density at radius 1 is 1.12 bits per heavy atom. The molecule has 1 aromatic heterocycles. The number of aromatic nitrogens is 1. The van der Waals surface area contributed by atoms with E-state index in [1.54, 1.807) is 12.1 Å². The van der Waals surface area contributed by atoms with Crippen LogP contribution in [0.2, 0.25) is 5.15 Å². The van der Waals surface area contributed by atoms with E-state index >= 15 is 0 Å². The lowest BCUT2D eigenvalue weighted by Crippen LogP contribution is -1.98. The van der Waals surface area contributed by atoms with Crippen LogP contribution in [0.25, 0.3) is 0 Å². The number of hydrogen-bond acceptors (Lipinski definition) is 3. The second kappa shape index (κ2) is 4.77. The Hall–Kier alpha value is -1.87. The lowest BCUT2D eigenvalue weighted by Gasteiger charge is -2.07. The summed E-state index contributed by atoms with van der Waals surface area (Å²) in [5, 5.41) is 3.39. The molecule has 16 heavy (non-hydrogen) atoms. The van der Waals surface area contributed by atoms with Crippen LogP contribution in [0.4, 0.5) is 11.5 Å². The fraction of sp³-hybridized carbons (Fsp3) is 0. The zero-order valence-electron chi connectivity index (χ0n) is 8.35. The molecular formula is C12H9ClN2O. The first kappa shape index (κ1) is 10.6. The van der Waals surface area contributed by atoms with Gasteiger partial charge in [0, 0.05) is 5.69 Å². The minimum absolute atomic E-state index is 0.351. The van der Waals surface area contributed by atoms with Gasteiger partial charge in [0.05, 0.1) is 5.56 Å². The SMILES string of the molecule is O=Cc1ccc(Cl)nc1Nc1ccccc1. The molecule has 2 aromatic rings. The quantitative estimate of drug-likeness (QED) is 0.652. The number of carbonyl (C=O) groups is 1. The molecular weight excluding hydrogens is 224 g/mol. The maximum Gasteiger partial charge on any atom is 0.153 e. The van der Waals surface area contributed by atoms with Crippen molar-refractivity contribution >= 4 is 29.4 Å². The van der Waals surface area contributed by atoms with Crippen molar-refractivity contribution in [3.8, 4) is 0 Å². The minimum atomic E-state index is 0.351. The molecule has 80 valence electrons. The van der Waals surface area contributed by atoms with Gasteiger partial charge in [-0.25, -0.2) is 4.98 Å². The maximum atomic E-state index is 10.8. The topological polar surface area (TPSA) is 42.0 Å². The van der Waals surface area contributed by atoms with E-state index in [0.717, 1.165) is 12.0 Å². The Morgan fingerprint density at radius 3 is 2.56 bits per heavy atom. The van der Waals surface area contributed by atoms with Gasteiger partial charge < -0.3 is 5.32 Å². The standard InChI is InChI=1S/C12H9ClN2O/c13-11-7-6-9(8-16)12(15-11)14-10-4-2-1-3-5-10/h1-8H,(H,14,15). The second-order valence-corrected chi connectivity index (χ2v) is 3.57. The number of hydrogen-bond donors (Lipinski definition) is 1. The third-order valence-corrected chi connectivity index (χ3v) is 2.27. The Labute approximate surface area is 98.1 Å². The van der Waals surface area contributed by atoms with Crippen molar-refractivity contribution in [2.24, 2.45) is 0 Å². The average Bonchev–Trinajstić information content (AvgIpc) is 2.31. The number of pyridine rings is 1. The minimum Gasteiger partial charge on any atom is -0.340 e. The molecule has 1 heterocycles. The third kappa shape index (κ3) is 2.38. The van der Waals surface area contributed by atoms with Gasteiger partial charge >= 0.3 is 0 Å². The fourth-order valence-corrected chi connectivity index (χ4v) is 1.45. The number of benzene rings is 1. The number of anilines is 2. The highest BCUT2D eigenvalue weighted by Crippen LogP contribution is 2.19. The molecule has 0 fully saturated rings. The summed E-state index contributed by atoms with van der Waals surface area (Å²) in [4.78, 5) is 14.9. The summed E-state index contributed by atoms with van der Waals surface area (Å²) in [5.74, 6) is 0.466. The molecule has 4 heteroatoms. The van der Waals surface area contributed by atoms with Gasteiger partial charge in [-0.05, 0) is 24.3 Å². The molecule has 0 radical (unpaired) electrons. The molecule has 0 atom stereocenters. The normalized spacial score (nSPS) is 9.81. The number of halogens is 1. The summed E-state index contributed by atoms with van der Waals surface area (Å²) in [6.07, 6.45) is 0.745. The second-order valence-electron chi connectivity index (χ2n) is 3.18. The molecule has 0 aliphatic heterocycles. The molecule has 0 bridgehead atoms. The molecule has 1 aromatic carbocycles. The van der Waals surface area contributed by atoms with Gasteiger partial charge in [0.15, 0.2) is 6.29 Å². The van der Waals surface area contributed by atoms with E-state index in [0.29, 0.717) is 16.5 Å². The monoisotopic (exact) mass is 232 g/mol. The molecule has 1 N–H and O–H groups in total. The van der Waals surface area contributed by atoms with Gasteiger partial charge in [-0.1, -0.05) is 29.8 Å². The van der Waals surface area contributed by atoms with Gasteiger partial charge in [-0.3, -0.25) is 4.79 Å². The molecule has 3 nitrogen and oxygen atoms in total. The zero-order chi connectivity index (χ0) is 11.4. The zero-order valence-corrected chi connectivity index (χ0v) is 9.11. The first-order valence-electron chi connectivity index (χ1n) is 4.73. The number of para-hydroxylation sites is 1. The van der Waals surface area contributed by atoms with Crippen LogP contribution in [0.3, 0.4) is 0 Å². The van der Waals surface area contributed by atoms with Gasteiger partial charge in [0.1, 0.15) is 11.0 Å². The van der Waals surface area contributed by atoms with Gasteiger partial charge in [-0.15, -0.1) is 0 Å². The van der Waals surface area contributed by atoms with Crippen LogP contribution >= 0.6 is 11.6 Å². The lowest BCUT2D eigenvalue weighted by atomic mass is 10.2. The fourth-order valence-electron chi connectivity index (χ4n) is 1.30. The third-order valence-electron chi connectivity index (χ3n) is 2.06. The van der Waals surface area contributed by atoms with Crippen molar-refractivity contribution in [2.45, 2.75) is 0 Å². The predicted octanol–water partition coefficient (Wildman–Crippen LogP) is 3.29. The highest BCUT2D eigenvalue weighted by molar-refractivity contribution is 6.29. The van der Waals surface area contributed by atoms with Crippen molar-refractivity contribution in [1.82, 2.24) is 4.98 Å². The van der Waals surface area contributed by atoms with Crippen LogP contribution in [-0.2, 0) is 0 Å². The molecule has 0 amide bonds. The molecule has 0 saturated carbocycles. The molecule has 0 aliphatic rings. The van der Waals surface area contributed by atoms with Crippen molar-refractivity contribution in [3.63, 3.8) is 0 Å². The Bertz CT molecular complexity index is 500. The van der Waals surface area contributed by atoms with E-state index < -0.39 is 0 Å². The van der Waals surface area contributed by atoms with Gasteiger partial charge in [-0.2, -0.15) is 0 Å². The summed E-state index contributed by atoms with van der Waals surface area (Å²) in [5.41, 5.74) is 1.34. The van der Waals surface area contributed by atoms with Crippen LogP contribution in [0.1, 0.15) is 10.4 Å². The predicted molar refractivity (Wildman–Crippen MR) is 64.4 cm³/mol. The Morgan fingerprint density at radius 2 is 1.88 bits per heavy atom. The van der Waals surface area contributed by atoms with Crippen LogP contribution in [0, 0.1) is 0 Å². The lowest BCUT2D eigenvalue weighted by molar-refractivity contribution is 0.112. The van der Waals surface area contributed by atoms with Crippen LogP contribution in [0.15, 0.2) is 42.5 Å². The Balaban J connectivity index is 2.33. The highest BCUT2D eigenvalue weighted by atomic mass is 35.5.